The molecule has 2 aliphatic heterocycles. The van der Waals surface area contributed by atoms with Crippen molar-refractivity contribution < 1.29 is 28.6 Å². The van der Waals surface area contributed by atoms with Crippen LogP contribution in [0.2, 0.25) is 0 Å². The highest BCUT2D eigenvalue weighted by Crippen LogP contribution is 2.42. The highest BCUT2D eigenvalue weighted by molar-refractivity contribution is 5.96. The predicted molar refractivity (Wildman–Crippen MR) is 283 cm³/mol. The van der Waals surface area contributed by atoms with Crippen molar-refractivity contribution in [1.29, 1.82) is 5.26 Å². The Balaban J connectivity index is 0.000000305. The summed E-state index contributed by atoms with van der Waals surface area (Å²) in [7, 11) is 0. The van der Waals surface area contributed by atoms with Crippen LogP contribution < -0.4 is 32.0 Å². The van der Waals surface area contributed by atoms with Crippen molar-refractivity contribution in [3.8, 4) is 6.07 Å². The first-order valence-electron chi connectivity index (χ1n) is 24.2. The Morgan fingerprint density at radius 2 is 1.23 bits per heavy atom. The molecule has 2 saturated heterocycles. The summed E-state index contributed by atoms with van der Waals surface area (Å²) in [6.45, 7) is 31.7. The van der Waals surface area contributed by atoms with Crippen molar-refractivity contribution in [2.45, 2.75) is 111 Å². The molecular weight excluding hydrogens is 956 g/mol. The van der Waals surface area contributed by atoms with Crippen LogP contribution in [0.4, 0.5) is 20.2 Å². The van der Waals surface area contributed by atoms with Gasteiger partial charge in [-0.3, -0.25) is 9.59 Å². The minimum Gasteiger partial charge on any atom is -0.477 e. The Morgan fingerprint density at radius 1 is 0.831 bits per heavy atom. The van der Waals surface area contributed by atoms with E-state index in [0.717, 1.165) is 45.1 Å². The molecule has 19 heteroatoms. The van der Waals surface area contributed by atoms with Gasteiger partial charge >= 0.3 is 11.9 Å². The molecule has 2 aliphatic carbocycles. The number of benzene rings is 2. The quantitative estimate of drug-likeness (QED) is 0.0534. The minimum absolute atomic E-state index is 0. The number of fused-ring (bicyclic) bond motifs is 2. The van der Waals surface area contributed by atoms with E-state index in [-0.39, 0.29) is 65.9 Å². The van der Waals surface area contributed by atoms with Gasteiger partial charge in [-0.15, -0.1) is 24.8 Å². The minimum atomic E-state index is -1.29. The van der Waals surface area contributed by atoms with E-state index in [4.69, 9.17) is 17.6 Å². The lowest BCUT2D eigenvalue weighted by atomic mass is 10.0. The Morgan fingerprint density at radius 3 is 1.54 bits per heavy atom. The average Bonchev–Trinajstić information content (AvgIpc) is 4.24. The van der Waals surface area contributed by atoms with Crippen LogP contribution in [0.15, 0.2) is 46.5 Å². The molecule has 0 spiro atoms. The molecule has 4 fully saturated rings. The first-order chi connectivity index (χ1) is 32.9. The Bertz CT molecular complexity index is 2740. The second kappa shape index (κ2) is 26.8. The van der Waals surface area contributed by atoms with Crippen LogP contribution in [0.5, 0.6) is 0 Å². The number of aromatic carboxylic acids is 2. The number of allylic oxidation sites excluding steroid dienone is 1. The maximum atomic E-state index is 15.3. The fourth-order valence-electron chi connectivity index (χ4n) is 9.77. The van der Waals surface area contributed by atoms with E-state index in [9.17, 15) is 29.4 Å². The number of halogens is 4. The molecule has 4 atom stereocenters. The van der Waals surface area contributed by atoms with Gasteiger partial charge in [0.15, 0.2) is 0 Å². The van der Waals surface area contributed by atoms with E-state index in [0.29, 0.717) is 88.9 Å². The normalized spacial score (nSPS) is 17.8. The number of anilines is 2. The number of nitrogens with one attached hydrogen (secondary N) is 1. The zero-order valence-electron chi connectivity index (χ0n) is 42.0. The molecule has 2 aromatic heterocycles. The lowest BCUT2D eigenvalue weighted by Gasteiger charge is -2.25. The fourth-order valence-corrected chi connectivity index (χ4v) is 9.77. The molecule has 388 valence electrons. The van der Waals surface area contributed by atoms with Crippen molar-refractivity contribution in [3.63, 3.8) is 0 Å². The number of hydrogen-bond acceptors (Lipinski definition) is 10. The predicted octanol–water partition coefficient (Wildman–Crippen LogP) is 8.75. The van der Waals surface area contributed by atoms with Crippen molar-refractivity contribution in [1.82, 2.24) is 19.4 Å². The topological polar surface area (TPSA) is 195 Å². The first-order valence-corrected chi connectivity index (χ1v) is 24.2. The maximum Gasteiger partial charge on any atom is 0.341 e. The van der Waals surface area contributed by atoms with Gasteiger partial charge in [0.25, 0.3) is 11.1 Å². The lowest BCUT2D eigenvalue weighted by molar-refractivity contribution is 0.0683. The van der Waals surface area contributed by atoms with Crippen molar-refractivity contribution >= 4 is 69.9 Å². The molecule has 2 aromatic carbocycles. The number of nitrogens with zero attached hydrogens (tertiary/aromatic N) is 7. The molecular formula is C52H71Cl2F2N9O6. The molecule has 71 heavy (non-hydrogen) atoms. The monoisotopic (exact) mass is 1030 g/mol. The molecule has 2 saturated carbocycles. The van der Waals surface area contributed by atoms with Crippen LogP contribution in [0.25, 0.3) is 26.7 Å². The smallest absolute Gasteiger partial charge is 0.341 e. The van der Waals surface area contributed by atoms with Crippen LogP contribution in [0.3, 0.4) is 0 Å². The third kappa shape index (κ3) is 13.9. The highest BCUT2D eigenvalue weighted by Gasteiger charge is 2.35. The summed E-state index contributed by atoms with van der Waals surface area (Å²) in [5.74, 6) is -2.71. The van der Waals surface area contributed by atoms with Crippen LogP contribution in [-0.4, -0.2) is 107 Å². The second-order valence-corrected chi connectivity index (χ2v) is 18.5. The molecule has 0 unspecified atom stereocenters. The molecule has 15 nitrogen and oxygen atoms in total. The van der Waals surface area contributed by atoms with Crippen LogP contribution in [-0.2, 0) is 0 Å². The van der Waals surface area contributed by atoms with Gasteiger partial charge in [0.05, 0.1) is 35.0 Å². The molecule has 4 aliphatic rings. The summed E-state index contributed by atoms with van der Waals surface area (Å²) in [4.78, 5) is 58.5. The van der Waals surface area contributed by atoms with Crippen LogP contribution >= 0.6 is 24.8 Å². The van der Waals surface area contributed by atoms with Crippen LogP contribution in [0.1, 0.15) is 117 Å². The van der Waals surface area contributed by atoms with Crippen molar-refractivity contribution in [2.75, 3.05) is 68.7 Å². The van der Waals surface area contributed by atoms with Gasteiger partial charge in [0.2, 0.25) is 6.54 Å². The van der Waals surface area contributed by atoms with E-state index in [1.807, 2.05) is 30.6 Å². The fraction of sp³-hybridized carbons (Fsp3) is 0.538. The van der Waals surface area contributed by atoms with Gasteiger partial charge in [0, 0.05) is 67.2 Å². The van der Waals surface area contributed by atoms with E-state index in [1.54, 1.807) is 15.2 Å². The zero-order chi connectivity index (χ0) is 50.9. The van der Waals surface area contributed by atoms with Gasteiger partial charge in [-0.05, 0) is 133 Å². The van der Waals surface area contributed by atoms with E-state index < -0.39 is 28.9 Å². The van der Waals surface area contributed by atoms with Gasteiger partial charge < -0.3 is 49.9 Å². The number of aromatic nitrogens is 2. The van der Waals surface area contributed by atoms with Crippen molar-refractivity contribution in [2.24, 2.45) is 17.6 Å². The molecule has 8 rings (SSSR count). The van der Waals surface area contributed by atoms with Gasteiger partial charge in [-0.1, -0.05) is 27.4 Å². The summed E-state index contributed by atoms with van der Waals surface area (Å²) in [5, 5.41) is 30.6. The summed E-state index contributed by atoms with van der Waals surface area (Å²) in [6.07, 6.45) is 6.31. The van der Waals surface area contributed by atoms with Gasteiger partial charge in [-0.2, -0.15) is 5.26 Å². The lowest BCUT2D eigenvalue weighted by Crippen LogP contribution is -2.36. The summed E-state index contributed by atoms with van der Waals surface area (Å²) in [6, 6.07) is 7.26. The third-order valence-electron chi connectivity index (χ3n) is 13.9. The summed E-state index contributed by atoms with van der Waals surface area (Å²) < 4.78 is 33.4. The van der Waals surface area contributed by atoms with Crippen LogP contribution in [0, 0.1) is 55.2 Å². The number of aryl methyl sites for hydroxylation is 2. The number of nitriles is 1. The number of carbonyl (C=O) groups is 2. The van der Waals surface area contributed by atoms with Gasteiger partial charge in [0.1, 0.15) is 22.8 Å². The Kier molecular flexibility index (Phi) is 22.5. The molecule has 0 radical (unpaired) electrons. The molecule has 5 N–H and O–H groups in total. The molecule has 0 bridgehead atoms. The Labute approximate surface area is 427 Å². The van der Waals surface area contributed by atoms with E-state index in [2.05, 4.69) is 49.3 Å². The Hall–Kier alpha value is -5.56. The third-order valence-corrected chi connectivity index (χ3v) is 13.9. The highest BCUT2D eigenvalue weighted by atomic mass is 35.5. The molecule has 0 amide bonds. The number of hydrogen-bond donors (Lipinski definition) is 4. The zero-order valence-corrected chi connectivity index (χ0v) is 43.6. The van der Waals surface area contributed by atoms with Gasteiger partial charge in [-0.25, -0.2) is 24.9 Å². The number of nitrogens with two attached hydrogens (primary N) is 1. The number of rotatable bonds is 14. The average molecular weight is 1030 g/mol. The van der Waals surface area contributed by atoms with E-state index >= 15 is 8.78 Å². The standard InChI is InChI=1S/C23H27FN4O3.C20H24FN3O3.C6H15N.C3H3N.2ClH/c1-13-20-16(10-18(23(30)31)22(29)28(20)17-4-5-17)11-19(24)21(13)27-9-6-15(12-27)14(2)26-8-7-25-3;1-10-17-13(7-15(20(26)27)19(25)24(17)14-3-4-14)8-16(21)18(10)23-6-5-12(9-23)11(2)22;1-4-7(5-2)6-3;1-2-3-4;;/h10-11,14-15,17,26H,4-9,12H2,1-2H3,(H,30,31);7-8,11-12,14H,3-6,9,22H2,1-2H3,(H,26,27);4-6H2,1-3H3;2H,1H2;2*1H/t14-,15+;11-,12+;;;;/m00..../s1. The summed E-state index contributed by atoms with van der Waals surface area (Å²) >= 11 is 0. The summed E-state index contributed by atoms with van der Waals surface area (Å²) in [5.41, 5.74) is 8.04. The molecule has 4 heterocycles. The first kappa shape index (κ1) is 59.7. The largest absolute Gasteiger partial charge is 0.477 e. The molecule has 4 aromatic rings. The number of pyridine rings is 2. The van der Waals surface area contributed by atoms with E-state index in [1.165, 1.54) is 50.0 Å². The number of carboxylic acids is 2. The maximum absolute atomic E-state index is 15.3. The second-order valence-electron chi connectivity index (χ2n) is 18.5. The van der Waals surface area contributed by atoms with Crippen molar-refractivity contribution in [3.05, 3.63) is 103 Å². The SMILES string of the molecule is C=CC#N.CCN(CC)CC.Cc1c(N2CC[C@@H]([C@H](C)N)C2)c(F)cc2cc(C(=O)O)c(=O)n(C3CC3)c12.Cl.Cl.[C-]#[N+]CCN[C@@H](C)[C@@H]1CCN(c2c(F)cc3cc(C(=O)O)c(=O)n(C4CC4)c3c2C)C1. The number of carboxylic acid groups (broad SMARTS) is 2.